The molecule has 0 spiro atoms. The quantitative estimate of drug-likeness (QED) is 0.508. The number of rotatable bonds is 8. The molecule has 2 amide bonds. The Kier molecular flexibility index (Phi) is 7.19. The molecule has 1 aromatic heterocycles. The molecule has 1 aliphatic rings. The van der Waals surface area contributed by atoms with Crippen molar-refractivity contribution in [1.29, 1.82) is 0 Å². The smallest absolute Gasteiger partial charge is 0.243 e. The summed E-state index contributed by atoms with van der Waals surface area (Å²) in [6, 6.07) is 21.2. The van der Waals surface area contributed by atoms with Gasteiger partial charge in [0.1, 0.15) is 5.75 Å². The Morgan fingerprint density at radius 1 is 1.09 bits per heavy atom. The number of thiophene rings is 1. The highest BCUT2D eigenvalue weighted by atomic mass is 32.1. The van der Waals surface area contributed by atoms with Crippen LogP contribution in [-0.2, 0) is 9.59 Å². The van der Waals surface area contributed by atoms with Crippen LogP contribution in [-0.4, -0.2) is 29.6 Å². The van der Waals surface area contributed by atoms with E-state index in [-0.39, 0.29) is 36.7 Å². The Labute approximate surface area is 197 Å². The van der Waals surface area contributed by atoms with Gasteiger partial charge in [-0.2, -0.15) is 5.10 Å². The van der Waals surface area contributed by atoms with Crippen LogP contribution in [0.4, 0.5) is 0 Å². The normalized spacial score (nSPS) is 16.2. The lowest BCUT2D eigenvalue weighted by Crippen LogP contribution is -2.30. The highest BCUT2D eigenvalue weighted by molar-refractivity contribution is 7.10. The maximum atomic E-state index is 13.2. The fourth-order valence-corrected chi connectivity index (χ4v) is 4.62. The van der Waals surface area contributed by atoms with Crippen molar-refractivity contribution < 1.29 is 14.3 Å². The summed E-state index contributed by atoms with van der Waals surface area (Å²) in [6.07, 6.45) is 0.835. The summed E-state index contributed by atoms with van der Waals surface area (Å²) in [5.41, 5.74) is 2.84. The van der Waals surface area contributed by atoms with Crippen molar-refractivity contribution >= 4 is 28.9 Å². The van der Waals surface area contributed by atoms with Gasteiger partial charge in [0.05, 0.1) is 24.9 Å². The zero-order valence-corrected chi connectivity index (χ0v) is 19.5. The molecule has 0 saturated heterocycles. The highest BCUT2D eigenvalue weighted by Gasteiger charge is 2.33. The molecular formula is C26H27N3O3S. The third-order valence-electron chi connectivity index (χ3n) is 5.69. The van der Waals surface area contributed by atoms with Crippen molar-refractivity contribution in [3.05, 3.63) is 88.1 Å². The van der Waals surface area contributed by atoms with E-state index in [4.69, 9.17) is 4.74 Å². The van der Waals surface area contributed by atoms with E-state index in [9.17, 15) is 9.59 Å². The van der Waals surface area contributed by atoms with Gasteiger partial charge < -0.3 is 10.1 Å². The fraction of sp³-hybridized carbons (Fsp3) is 0.269. The van der Waals surface area contributed by atoms with Crippen molar-refractivity contribution in [3.63, 3.8) is 0 Å². The number of hydrogen-bond acceptors (Lipinski definition) is 5. The zero-order chi connectivity index (χ0) is 23.2. The molecule has 1 N–H and O–H groups in total. The molecule has 4 rings (SSSR count). The summed E-state index contributed by atoms with van der Waals surface area (Å²) >= 11 is 1.60. The van der Waals surface area contributed by atoms with E-state index in [0.717, 1.165) is 27.5 Å². The maximum absolute atomic E-state index is 13.2. The van der Waals surface area contributed by atoms with Crippen molar-refractivity contribution in [2.75, 3.05) is 7.11 Å². The first kappa shape index (κ1) is 22.7. The van der Waals surface area contributed by atoms with E-state index in [0.29, 0.717) is 6.42 Å². The number of ether oxygens (including phenoxy) is 1. The van der Waals surface area contributed by atoms with Crippen molar-refractivity contribution in [2.45, 2.75) is 38.3 Å². The van der Waals surface area contributed by atoms with Crippen LogP contribution < -0.4 is 10.1 Å². The molecule has 33 heavy (non-hydrogen) atoms. The molecule has 2 unspecified atom stereocenters. The van der Waals surface area contributed by atoms with Crippen LogP contribution in [0.3, 0.4) is 0 Å². The second-order valence-electron chi connectivity index (χ2n) is 7.95. The number of nitrogens with one attached hydrogen (secondary N) is 1. The Morgan fingerprint density at radius 3 is 2.52 bits per heavy atom. The summed E-state index contributed by atoms with van der Waals surface area (Å²) in [7, 11) is 1.63. The summed E-state index contributed by atoms with van der Waals surface area (Å²) in [5.74, 6) is 0.452. The minimum absolute atomic E-state index is 0.0749. The monoisotopic (exact) mass is 461 g/mol. The van der Waals surface area contributed by atoms with E-state index in [1.165, 1.54) is 0 Å². The summed E-state index contributed by atoms with van der Waals surface area (Å²) in [5, 5.41) is 11.2. The first-order valence-electron chi connectivity index (χ1n) is 11.0. The second-order valence-corrected chi connectivity index (χ2v) is 8.93. The fourth-order valence-electron chi connectivity index (χ4n) is 3.89. The SMILES string of the molecule is COc1ccc(C2CC(c3ccccc3)=NN2C(=O)CCC(=O)NC(C)c2cccs2)cc1. The summed E-state index contributed by atoms with van der Waals surface area (Å²) in [6.45, 7) is 1.95. The molecule has 170 valence electrons. The van der Waals surface area contributed by atoms with Gasteiger partial charge in [-0.3, -0.25) is 9.59 Å². The average molecular weight is 462 g/mol. The van der Waals surface area contributed by atoms with Gasteiger partial charge in [0, 0.05) is 24.1 Å². The predicted octanol–water partition coefficient (Wildman–Crippen LogP) is 5.09. The van der Waals surface area contributed by atoms with E-state index in [1.807, 2.05) is 79.0 Å². The van der Waals surface area contributed by atoms with Crippen LogP contribution in [0.25, 0.3) is 0 Å². The van der Waals surface area contributed by atoms with Gasteiger partial charge in [0.15, 0.2) is 0 Å². The molecule has 7 heteroatoms. The van der Waals surface area contributed by atoms with Crippen LogP contribution >= 0.6 is 11.3 Å². The molecule has 0 aliphatic carbocycles. The number of hydrazone groups is 1. The molecule has 0 saturated carbocycles. The third-order valence-corrected chi connectivity index (χ3v) is 6.74. The standard InChI is InChI=1S/C26H27N3O3S/c1-18(24-9-6-16-33-24)27-25(30)14-15-26(31)29-23(20-10-12-21(32-2)13-11-20)17-22(28-29)19-7-4-3-5-8-19/h3-13,16,18,23H,14-15,17H2,1-2H3,(H,27,30). The largest absolute Gasteiger partial charge is 0.497 e. The van der Waals surface area contributed by atoms with E-state index in [2.05, 4.69) is 10.4 Å². The Balaban J connectivity index is 1.46. The Hall–Kier alpha value is -3.45. The average Bonchev–Trinajstić information content (AvgIpc) is 3.54. The van der Waals surface area contributed by atoms with Crippen molar-refractivity contribution in [2.24, 2.45) is 5.10 Å². The van der Waals surface area contributed by atoms with Gasteiger partial charge in [-0.15, -0.1) is 11.3 Å². The lowest BCUT2D eigenvalue weighted by Gasteiger charge is -2.22. The van der Waals surface area contributed by atoms with Crippen LogP contribution in [0, 0.1) is 0 Å². The van der Waals surface area contributed by atoms with Gasteiger partial charge in [0.25, 0.3) is 0 Å². The number of amides is 2. The Morgan fingerprint density at radius 2 is 1.85 bits per heavy atom. The minimum atomic E-state index is -0.216. The van der Waals surface area contributed by atoms with Crippen LogP contribution in [0.1, 0.15) is 54.3 Å². The second kappa shape index (κ2) is 10.4. The van der Waals surface area contributed by atoms with E-state index in [1.54, 1.807) is 23.5 Å². The molecule has 0 fully saturated rings. The topological polar surface area (TPSA) is 71.0 Å². The van der Waals surface area contributed by atoms with Crippen molar-refractivity contribution in [1.82, 2.24) is 10.3 Å². The molecule has 1 aliphatic heterocycles. The number of benzene rings is 2. The first-order valence-corrected chi connectivity index (χ1v) is 11.8. The molecule has 2 atom stereocenters. The van der Waals surface area contributed by atoms with E-state index >= 15 is 0 Å². The maximum Gasteiger partial charge on any atom is 0.243 e. The predicted molar refractivity (Wildman–Crippen MR) is 130 cm³/mol. The van der Waals surface area contributed by atoms with Crippen LogP contribution in [0.15, 0.2) is 77.2 Å². The van der Waals surface area contributed by atoms with Gasteiger partial charge in [-0.25, -0.2) is 5.01 Å². The highest BCUT2D eigenvalue weighted by Crippen LogP contribution is 2.34. The summed E-state index contributed by atoms with van der Waals surface area (Å²) in [4.78, 5) is 26.7. The number of hydrogen-bond donors (Lipinski definition) is 1. The van der Waals surface area contributed by atoms with Crippen LogP contribution in [0.2, 0.25) is 0 Å². The lowest BCUT2D eigenvalue weighted by molar-refractivity contribution is -0.135. The van der Waals surface area contributed by atoms with Gasteiger partial charge in [-0.05, 0) is 41.6 Å². The van der Waals surface area contributed by atoms with Crippen molar-refractivity contribution in [3.8, 4) is 5.75 Å². The number of carbonyl (C=O) groups excluding carboxylic acids is 2. The molecule has 2 aromatic carbocycles. The van der Waals surface area contributed by atoms with Gasteiger partial charge in [0.2, 0.25) is 11.8 Å². The van der Waals surface area contributed by atoms with Gasteiger partial charge >= 0.3 is 0 Å². The Bertz CT molecular complexity index is 1110. The first-order chi connectivity index (χ1) is 16.0. The molecule has 0 bridgehead atoms. The number of methoxy groups -OCH3 is 1. The number of nitrogens with zero attached hydrogens (tertiary/aromatic N) is 2. The molecule has 0 radical (unpaired) electrons. The van der Waals surface area contributed by atoms with Crippen LogP contribution in [0.5, 0.6) is 5.75 Å². The van der Waals surface area contributed by atoms with E-state index < -0.39 is 0 Å². The number of carbonyl (C=O) groups is 2. The minimum Gasteiger partial charge on any atom is -0.497 e. The lowest BCUT2D eigenvalue weighted by atomic mass is 9.98. The molecular weight excluding hydrogens is 434 g/mol. The molecule has 2 heterocycles. The molecule has 3 aromatic rings. The third kappa shape index (κ3) is 5.49. The molecule has 6 nitrogen and oxygen atoms in total. The summed E-state index contributed by atoms with van der Waals surface area (Å²) < 4.78 is 5.27. The zero-order valence-electron chi connectivity index (χ0n) is 18.7. The van der Waals surface area contributed by atoms with Gasteiger partial charge in [-0.1, -0.05) is 48.5 Å².